The predicted molar refractivity (Wildman–Crippen MR) is 107 cm³/mol. The van der Waals surface area contributed by atoms with Gasteiger partial charge in [-0.1, -0.05) is 6.92 Å². The van der Waals surface area contributed by atoms with Crippen LogP contribution in [0, 0.1) is 6.92 Å². The molecule has 0 aliphatic heterocycles. The lowest BCUT2D eigenvalue weighted by molar-refractivity contribution is -0.127. The van der Waals surface area contributed by atoms with Gasteiger partial charge in [-0.3, -0.25) is 14.3 Å². The number of benzene rings is 1. The molecule has 1 N–H and O–H groups in total. The first-order valence-electron chi connectivity index (χ1n) is 9.23. The molecule has 0 aliphatic carbocycles. The number of aryl methyl sites for hydroxylation is 1. The quantitative estimate of drug-likeness (QED) is 0.617. The molecule has 164 valence electrons. The number of hydrogen-bond acceptors (Lipinski definition) is 5. The van der Waals surface area contributed by atoms with Gasteiger partial charge in [-0.2, -0.15) is 13.2 Å². The third-order valence-electron chi connectivity index (χ3n) is 4.38. The van der Waals surface area contributed by atoms with Crippen LogP contribution in [0.15, 0.2) is 53.7 Å². The largest absolute Gasteiger partial charge is 0.394 e. The number of aromatic nitrogens is 3. The van der Waals surface area contributed by atoms with Crippen LogP contribution >= 0.6 is 0 Å². The van der Waals surface area contributed by atoms with Crippen LogP contribution in [0.5, 0.6) is 0 Å². The van der Waals surface area contributed by atoms with E-state index in [1.807, 2.05) is 4.72 Å². The Morgan fingerprint density at radius 2 is 1.84 bits per heavy atom. The van der Waals surface area contributed by atoms with Crippen LogP contribution < -0.4 is 4.72 Å². The van der Waals surface area contributed by atoms with E-state index in [0.717, 1.165) is 0 Å². The lowest BCUT2D eigenvalue weighted by Crippen LogP contribution is -2.29. The van der Waals surface area contributed by atoms with Crippen LogP contribution in [-0.4, -0.2) is 35.0 Å². The average molecular weight is 452 g/mol. The standard InChI is InChI=1S/C20H19F3N4O3S/c1-3-18(28)26-31(29,30)16-8-6-15(7-9-16)27-12-14(11-20(21,22)23)25-19(27)17-5-4-10-24-13(17)2/h4-10,12H,3,11H2,1-2H3,(H,26,28). The van der Waals surface area contributed by atoms with Crippen LogP contribution in [0.4, 0.5) is 13.2 Å². The third kappa shape index (κ3) is 5.29. The van der Waals surface area contributed by atoms with Gasteiger partial charge in [0, 0.05) is 35.8 Å². The highest BCUT2D eigenvalue weighted by Gasteiger charge is 2.30. The molecule has 0 aliphatic rings. The van der Waals surface area contributed by atoms with E-state index < -0.39 is 28.5 Å². The number of carbonyl (C=O) groups is 1. The maximum Gasteiger partial charge on any atom is 0.394 e. The summed E-state index contributed by atoms with van der Waals surface area (Å²) in [5, 5.41) is 0. The second-order valence-electron chi connectivity index (χ2n) is 6.73. The fourth-order valence-corrected chi connectivity index (χ4v) is 3.95. The summed E-state index contributed by atoms with van der Waals surface area (Å²) in [7, 11) is -4.04. The predicted octanol–water partition coefficient (Wildman–Crippen LogP) is 3.56. The molecule has 7 nitrogen and oxygen atoms in total. The highest BCUT2D eigenvalue weighted by molar-refractivity contribution is 7.90. The first-order valence-corrected chi connectivity index (χ1v) is 10.7. The molecule has 1 aromatic carbocycles. The van der Waals surface area contributed by atoms with Crippen molar-refractivity contribution in [3.63, 3.8) is 0 Å². The second-order valence-corrected chi connectivity index (χ2v) is 8.41. The van der Waals surface area contributed by atoms with E-state index in [4.69, 9.17) is 0 Å². The Bertz CT molecular complexity index is 1200. The normalized spacial score (nSPS) is 12.0. The number of halogens is 3. The van der Waals surface area contributed by atoms with Crippen molar-refractivity contribution in [1.82, 2.24) is 19.3 Å². The van der Waals surface area contributed by atoms with E-state index in [9.17, 15) is 26.4 Å². The number of amides is 1. The van der Waals surface area contributed by atoms with Crippen LogP contribution in [0.2, 0.25) is 0 Å². The number of imidazole rings is 1. The highest BCUT2D eigenvalue weighted by Crippen LogP contribution is 2.28. The van der Waals surface area contributed by atoms with Crippen molar-refractivity contribution >= 4 is 15.9 Å². The molecular weight excluding hydrogens is 433 g/mol. The lowest BCUT2D eigenvalue weighted by Gasteiger charge is -2.11. The Labute approximate surface area is 177 Å². The minimum Gasteiger partial charge on any atom is -0.299 e. The van der Waals surface area contributed by atoms with Gasteiger partial charge in [0.2, 0.25) is 5.91 Å². The minimum absolute atomic E-state index is 0.00214. The van der Waals surface area contributed by atoms with Gasteiger partial charge in [-0.25, -0.2) is 18.1 Å². The molecule has 0 spiro atoms. The molecule has 3 rings (SSSR count). The van der Waals surface area contributed by atoms with Crippen molar-refractivity contribution in [1.29, 1.82) is 0 Å². The minimum atomic E-state index is -4.43. The number of nitrogens with one attached hydrogen (secondary N) is 1. The van der Waals surface area contributed by atoms with Gasteiger partial charge in [0.15, 0.2) is 0 Å². The number of sulfonamides is 1. The summed E-state index contributed by atoms with van der Waals surface area (Å²) < 4.78 is 66.7. The van der Waals surface area contributed by atoms with E-state index in [-0.39, 0.29) is 22.8 Å². The van der Waals surface area contributed by atoms with Gasteiger partial charge >= 0.3 is 6.18 Å². The SMILES string of the molecule is CCC(=O)NS(=O)(=O)c1ccc(-n2cc(CC(F)(F)F)nc2-c2cccnc2C)cc1. The second kappa shape index (κ2) is 8.50. The van der Waals surface area contributed by atoms with Gasteiger partial charge in [-0.15, -0.1) is 0 Å². The Morgan fingerprint density at radius 1 is 1.16 bits per heavy atom. The Hall–Kier alpha value is -3.21. The Balaban J connectivity index is 2.05. The van der Waals surface area contributed by atoms with Crippen molar-refractivity contribution in [3.8, 4) is 17.1 Å². The van der Waals surface area contributed by atoms with Gasteiger partial charge in [0.1, 0.15) is 5.82 Å². The maximum atomic E-state index is 12.9. The average Bonchev–Trinajstić information content (AvgIpc) is 3.09. The Morgan fingerprint density at radius 3 is 2.42 bits per heavy atom. The maximum absolute atomic E-state index is 12.9. The number of hydrogen-bond donors (Lipinski definition) is 1. The summed E-state index contributed by atoms with van der Waals surface area (Å²) in [4.78, 5) is 19.6. The highest BCUT2D eigenvalue weighted by atomic mass is 32.2. The van der Waals surface area contributed by atoms with E-state index in [0.29, 0.717) is 16.9 Å². The summed E-state index contributed by atoms with van der Waals surface area (Å²) >= 11 is 0. The smallest absolute Gasteiger partial charge is 0.299 e. The zero-order chi connectivity index (χ0) is 22.8. The number of carbonyl (C=O) groups excluding carboxylic acids is 1. The van der Waals surface area contributed by atoms with Crippen molar-refractivity contribution in [3.05, 3.63) is 60.2 Å². The first-order chi connectivity index (χ1) is 14.5. The van der Waals surface area contributed by atoms with Crippen LogP contribution in [0.1, 0.15) is 24.7 Å². The van der Waals surface area contributed by atoms with E-state index in [2.05, 4.69) is 9.97 Å². The number of rotatable bonds is 6. The molecule has 3 aromatic rings. The summed E-state index contributed by atoms with van der Waals surface area (Å²) in [6.07, 6.45) is -2.82. The van der Waals surface area contributed by atoms with Crippen molar-refractivity contribution in [2.24, 2.45) is 0 Å². The van der Waals surface area contributed by atoms with Crippen LogP contribution in [-0.2, 0) is 21.2 Å². The molecule has 0 bridgehead atoms. The first kappa shape index (κ1) is 22.5. The monoisotopic (exact) mass is 452 g/mol. The number of nitrogens with zero attached hydrogens (tertiary/aromatic N) is 3. The number of alkyl halides is 3. The number of pyridine rings is 1. The molecule has 11 heteroatoms. The van der Waals surface area contributed by atoms with Crippen LogP contribution in [0.3, 0.4) is 0 Å². The molecule has 2 heterocycles. The summed E-state index contributed by atoms with van der Waals surface area (Å²) in [6, 6.07) is 8.74. The molecule has 0 saturated carbocycles. The summed E-state index contributed by atoms with van der Waals surface area (Å²) in [5.41, 5.74) is 1.34. The van der Waals surface area contributed by atoms with Crippen molar-refractivity contribution < 1.29 is 26.4 Å². The van der Waals surface area contributed by atoms with Crippen LogP contribution in [0.25, 0.3) is 17.1 Å². The topological polar surface area (TPSA) is 94.0 Å². The molecule has 2 aromatic heterocycles. The Kier molecular flexibility index (Phi) is 6.16. The zero-order valence-corrected chi connectivity index (χ0v) is 17.5. The van der Waals surface area contributed by atoms with E-state index in [1.54, 1.807) is 25.3 Å². The summed E-state index contributed by atoms with van der Waals surface area (Å²) in [5.74, 6) is -0.399. The molecule has 0 fully saturated rings. The van der Waals surface area contributed by atoms with Gasteiger partial charge < -0.3 is 0 Å². The molecular formula is C20H19F3N4O3S. The van der Waals surface area contributed by atoms with Gasteiger partial charge in [0.25, 0.3) is 10.0 Å². The molecule has 0 atom stereocenters. The fraction of sp³-hybridized carbons (Fsp3) is 0.250. The summed E-state index contributed by atoms with van der Waals surface area (Å²) in [6.45, 7) is 3.23. The molecule has 0 unspecified atom stereocenters. The molecule has 1 amide bonds. The van der Waals surface area contributed by atoms with Gasteiger partial charge in [0.05, 0.1) is 17.0 Å². The van der Waals surface area contributed by atoms with E-state index >= 15 is 0 Å². The lowest BCUT2D eigenvalue weighted by atomic mass is 10.2. The van der Waals surface area contributed by atoms with E-state index in [1.165, 1.54) is 42.0 Å². The van der Waals surface area contributed by atoms with Gasteiger partial charge in [-0.05, 0) is 43.3 Å². The zero-order valence-electron chi connectivity index (χ0n) is 16.6. The fourth-order valence-electron chi connectivity index (χ4n) is 2.89. The van der Waals surface area contributed by atoms with Crippen molar-refractivity contribution in [2.45, 2.75) is 37.8 Å². The molecule has 0 radical (unpaired) electrons. The van der Waals surface area contributed by atoms with Crippen molar-refractivity contribution in [2.75, 3.05) is 0 Å². The third-order valence-corrected chi connectivity index (χ3v) is 5.77. The molecule has 31 heavy (non-hydrogen) atoms. The molecule has 0 saturated heterocycles.